The Morgan fingerprint density at radius 3 is 2.74 bits per heavy atom. The molecule has 9 atom stereocenters. The number of nitrogens with zero attached hydrogens (tertiary/aromatic N) is 1. The SMILES string of the molecule is CC1(C)O[C@@H]2C[C@H]3[C@@H]4CCC5=CC6=C(C=NC6CC#CCBr)C[C@]5(C)[C@@]4(F)[C@@H](O)C[C@]3(C)[C@]2(C(=O)CO)O1. The highest BCUT2D eigenvalue weighted by Gasteiger charge is 2.80. The van der Waals surface area contributed by atoms with Crippen molar-refractivity contribution in [2.45, 2.75) is 102 Å². The van der Waals surface area contributed by atoms with E-state index < -0.39 is 58.4 Å². The molecule has 0 radical (unpaired) electrons. The lowest BCUT2D eigenvalue weighted by molar-refractivity contribution is -0.250. The maximum Gasteiger partial charge on any atom is 0.193 e. The molecule has 4 aliphatic carbocycles. The Morgan fingerprint density at radius 2 is 2.03 bits per heavy atom. The van der Waals surface area contributed by atoms with Crippen molar-refractivity contribution >= 4 is 27.9 Å². The second-order valence-electron chi connectivity index (χ2n) is 13.0. The number of Topliss-reactive ketones (excluding diaryl/α,β-unsaturated/α-hetero) is 1. The molecule has 2 heterocycles. The summed E-state index contributed by atoms with van der Waals surface area (Å²) in [6, 6.07) is -0.0299. The molecule has 6 aliphatic rings. The van der Waals surface area contributed by atoms with Gasteiger partial charge in [0.1, 0.15) is 12.3 Å². The van der Waals surface area contributed by atoms with Crippen LogP contribution in [0.3, 0.4) is 0 Å². The molecule has 0 spiro atoms. The first kappa shape index (κ1) is 26.8. The molecular formula is C30H37BrFNO5. The highest BCUT2D eigenvalue weighted by molar-refractivity contribution is 9.09. The lowest BCUT2D eigenvalue weighted by Crippen LogP contribution is -2.70. The summed E-state index contributed by atoms with van der Waals surface area (Å²) in [7, 11) is 0. The first-order valence-corrected chi connectivity index (χ1v) is 14.9. The van der Waals surface area contributed by atoms with Crippen LogP contribution < -0.4 is 0 Å². The van der Waals surface area contributed by atoms with E-state index in [1.54, 1.807) is 13.8 Å². The topological polar surface area (TPSA) is 88.4 Å². The maximum absolute atomic E-state index is 17.9. The van der Waals surface area contributed by atoms with Crippen LogP contribution in [-0.2, 0) is 14.3 Å². The molecule has 2 aliphatic heterocycles. The third-order valence-corrected chi connectivity index (χ3v) is 11.2. The lowest BCUT2D eigenvalue weighted by atomic mass is 9.43. The number of carbonyl (C=O) groups is 1. The maximum atomic E-state index is 17.9. The number of allylic oxidation sites excluding steroid dienone is 2. The number of aliphatic hydroxyl groups excluding tert-OH is 2. The van der Waals surface area contributed by atoms with Crippen molar-refractivity contribution in [2.24, 2.45) is 27.7 Å². The quantitative estimate of drug-likeness (QED) is 0.380. The molecule has 2 N–H and O–H groups in total. The van der Waals surface area contributed by atoms with Gasteiger partial charge in [0.15, 0.2) is 17.2 Å². The van der Waals surface area contributed by atoms with Crippen molar-refractivity contribution in [3.05, 3.63) is 22.8 Å². The first-order valence-electron chi connectivity index (χ1n) is 13.8. The van der Waals surface area contributed by atoms with Gasteiger partial charge in [0, 0.05) is 29.4 Å². The average Bonchev–Trinajstić information content (AvgIpc) is 3.44. The fourth-order valence-corrected chi connectivity index (χ4v) is 9.57. The summed E-state index contributed by atoms with van der Waals surface area (Å²) in [4.78, 5) is 18.1. The summed E-state index contributed by atoms with van der Waals surface area (Å²) in [6.07, 6.45) is 5.08. The van der Waals surface area contributed by atoms with Crippen molar-refractivity contribution in [1.82, 2.24) is 0 Å². The van der Waals surface area contributed by atoms with Crippen LogP contribution in [0.2, 0.25) is 0 Å². The van der Waals surface area contributed by atoms with Crippen molar-refractivity contribution < 1.29 is 28.9 Å². The molecule has 0 aromatic heterocycles. The fraction of sp³-hybridized carbons (Fsp3) is 0.733. The Kier molecular flexibility index (Phi) is 6.05. The van der Waals surface area contributed by atoms with E-state index in [0.29, 0.717) is 31.0 Å². The van der Waals surface area contributed by atoms with E-state index in [0.717, 1.165) is 23.1 Å². The molecule has 6 rings (SSSR count). The van der Waals surface area contributed by atoms with Crippen LogP contribution in [0.1, 0.15) is 66.2 Å². The number of ether oxygens (including phenoxy) is 2. The van der Waals surface area contributed by atoms with E-state index in [-0.39, 0.29) is 18.4 Å². The Balaban J connectivity index is 1.38. The normalized spacial score (nSPS) is 47.8. The molecule has 6 nitrogen and oxygen atoms in total. The van der Waals surface area contributed by atoms with Gasteiger partial charge in [0.25, 0.3) is 0 Å². The number of fused-ring (bicyclic) bond motifs is 7. The van der Waals surface area contributed by atoms with Crippen molar-refractivity contribution in [3.63, 3.8) is 0 Å². The van der Waals surface area contributed by atoms with E-state index in [2.05, 4.69) is 33.8 Å². The molecule has 38 heavy (non-hydrogen) atoms. The zero-order valence-electron chi connectivity index (χ0n) is 22.5. The van der Waals surface area contributed by atoms with E-state index in [4.69, 9.17) is 14.5 Å². The first-order chi connectivity index (χ1) is 17.9. The molecule has 3 saturated carbocycles. The van der Waals surface area contributed by atoms with Crippen molar-refractivity contribution in [2.75, 3.05) is 11.9 Å². The van der Waals surface area contributed by atoms with Crippen molar-refractivity contribution in [3.8, 4) is 11.8 Å². The largest absolute Gasteiger partial charge is 0.390 e. The molecule has 8 heteroatoms. The smallest absolute Gasteiger partial charge is 0.193 e. The highest BCUT2D eigenvalue weighted by atomic mass is 79.9. The van der Waals surface area contributed by atoms with Crippen LogP contribution in [0.5, 0.6) is 0 Å². The van der Waals surface area contributed by atoms with Gasteiger partial charge in [-0.3, -0.25) is 9.79 Å². The predicted octanol–water partition coefficient (Wildman–Crippen LogP) is 4.22. The van der Waals surface area contributed by atoms with Gasteiger partial charge in [-0.2, -0.15) is 0 Å². The van der Waals surface area contributed by atoms with Gasteiger partial charge >= 0.3 is 0 Å². The number of rotatable bonds is 3. The standard InChI is InChI=1S/C30H37BrFNO5/c1-26(2)37-25-12-21-20-9-8-18-11-19-17(15-33-22(19)7-5-6-10-31)13-27(18,3)29(20,32)23(35)14-28(21,4)30(25,38-26)24(36)16-34/h11,15,20-23,25,34-35H,7-10,12-14,16H2,1-4H3/t20-,21-,22?,23-,25+,27-,28-,29-,30+/m0/s1. The molecule has 0 aromatic rings. The van der Waals surface area contributed by atoms with Crippen LogP contribution >= 0.6 is 15.9 Å². The number of hydrogen-bond donors (Lipinski definition) is 2. The zero-order chi connectivity index (χ0) is 27.3. The van der Waals surface area contributed by atoms with Gasteiger partial charge < -0.3 is 19.7 Å². The minimum Gasteiger partial charge on any atom is -0.390 e. The number of halogens is 2. The number of ketones is 1. The molecular weight excluding hydrogens is 553 g/mol. The molecule has 206 valence electrons. The molecule has 1 unspecified atom stereocenters. The van der Waals surface area contributed by atoms with Gasteiger partial charge in [-0.05, 0) is 63.0 Å². The van der Waals surface area contributed by atoms with Gasteiger partial charge in [-0.15, -0.1) is 0 Å². The van der Waals surface area contributed by atoms with Gasteiger partial charge in [0.2, 0.25) is 0 Å². The zero-order valence-corrected chi connectivity index (χ0v) is 24.1. The molecule has 4 fully saturated rings. The number of aliphatic hydroxyl groups is 2. The summed E-state index contributed by atoms with van der Waals surface area (Å²) in [5.41, 5.74) is -1.83. The fourth-order valence-electron chi connectivity index (χ4n) is 9.38. The molecule has 0 amide bonds. The Labute approximate surface area is 232 Å². The van der Waals surface area contributed by atoms with E-state index in [9.17, 15) is 15.0 Å². The van der Waals surface area contributed by atoms with E-state index in [1.165, 1.54) is 0 Å². The third kappa shape index (κ3) is 3.20. The number of alkyl halides is 2. The monoisotopic (exact) mass is 589 g/mol. The average molecular weight is 591 g/mol. The lowest BCUT2D eigenvalue weighted by Gasteiger charge is -2.63. The minimum absolute atomic E-state index is 0.0299. The second kappa shape index (κ2) is 8.57. The van der Waals surface area contributed by atoms with Gasteiger partial charge in [-0.25, -0.2) is 4.39 Å². The summed E-state index contributed by atoms with van der Waals surface area (Å²) in [5.74, 6) is 4.06. The van der Waals surface area contributed by atoms with Crippen LogP contribution in [0, 0.1) is 34.5 Å². The molecule has 0 aromatic carbocycles. The van der Waals surface area contributed by atoms with Crippen LogP contribution in [-0.4, -0.2) is 69.5 Å². The Bertz CT molecular complexity index is 1230. The highest BCUT2D eigenvalue weighted by Crippen LogP contribution is 2.73. The number of hydrogen-bond acceptors (Lipinski definition) is 6. The summed E-state index contributed by atoms with van der Waals surface area (Å²) in [6.45, 7) is 6.76. The van der Waals surface area contributed by atoms with E-state index >= 15 is 4.39 Å². The Hall–Kier alpha value is -1.37. The predicted molar refractivity (Wildman–Crippen MR) is 145 cm³/mol. The van der Waals surface area contributed by atoms with Crippen LogP contribution in [0.25, 0.3) is 0 Å². The number of aliphatic imine (C=N–C) groups is 1. The summed E-state index contributed by atoms with van der Waals surface area (Å²) >= 11 is 3.34. The Morgan fingerprint density at radius 1 is 1.26 bits per heavy atom. The molecule has 0 bridgehead atoms. The van der Waals surface area contributed by atoms with Crippen LogP contribution in [0.4, 0.5) is 4.39 Å². The third-order valence-electron chi connectivity index (χ3n) is 10.9. The van der Waals surface area contributed by atoms with Gasteiger partial charge in [0.05, 0.1) is 23.6 Å². The summed E-state index contributed by atoms with van der Waals surface area (Å²) < 4.78 is 30.5. The minimum atomic E-state index is -1.88. The second-order valence-corrected chi connectivity index (χ2v) is 13.5. The van der Waals surface area contributed by atoms with Crippen LogP contribution in [0.15, 0.2) is 27.8 Å². The molecule has 1 saturated heterocycles. The number of carbonyl (C=O) groups excluding carboxylic acids is 1. The van der Waals surface area contributed by atoms with Crippen molar-refractivity contribution in [1.29, 1.82) is 0 Å². The summed E-state index contributed by atoms with van der Waals surface area (Å²) in [5, 5.41) is 22.4. The van der Waals surface area contributed by atoms with E-state index in [1.807, 2.05) is 20.1 Å². The van der Waals surface area contributed by atoms with Gasteiger partial charge in [-0.1, -0.05) is 53.3 Å².